The second-order valence-corrected chi connectivity index (χ2v) is 3.34. The van der Waals surface area contributed by atoms with Crippen LogP contribution in [0.15, 0.2) is 0 Å². The van der Waals surface area contributed by atoms with Crippen molar-refractivity contribution >= 4 is 0 Å². The van der Waals surface area contributed by atoms with E-state index in [1.807, 2.05) is 0 Å². The van der Waals surface area contributed by atoms with E-state index in [2.05, 4.69) is 25.2 Å². The van der Waals surface area contributed by atoms with E-state index in [4.69, 9.17) is 10.4 Å². The van der Waals surface area contributed by atoms with Crippen LogP contribution in [0, 0.1) is 17.2 Å². The van der Waals surface area contributed by atoms with Crippen molar-refractivity contribution in [2.24, 2.45) is 5.92 Å². The second kappa shape index (κ2) is 7.08. The molecule has 0 spiro atoms. The molecule has 0 heterocycles. The minimum atomic E-state index is -0.0588. The van der Waals surface area contributed by atoms with Crippen LogP contribution in [0.4, 0.5) is 0 Å². The molecule has 12 heavy (non-hydrogen) atoms. The first-order valence-corrected chi connectivity index (χ1v) is 4.44. The Morgan fingerprint density at radius 1 is 1.50 bits per heavy atom. The predicted octanol–water partition coefficient (Wildman–Crippen LogP) is 0.897. The zero-order valence-corrected chi connectivity index (χ0v) is 7.88. The van der Waals surface area contributed by atoms with Crippen molar-refractivity contribution in [2.75, 3.05) is 13.2 Å². The van der Waals surface area contributed by atoms with Crippen LogP contribution in [-0.4, -0.2) is 24.3 Å². The molecule has 0 aliphatic carbocycles. The minimum Gasteiger partial charge on any atom is -0.396 e. The molecule has 70 valence electrons. The quantitative estimate of drug-likeness (QED) is 0.582. The third-order valence-electron chi connectivity index (χ3n) is 1.59. The monoisotopic (exact) mass is 170 g/mol. The number of aliphatic hydroxyl groups excluding tert-OH is 1. The van der Waals surface area contributed by atoms with Crippen molar-refractivity contribution in [1.82, 2.24) is 5.32 Å². The van der Waals surface area contributed by atoms with Gasteiger partial charge in [-0.25, -0.2) is 0 Å². The number of hydrogen-bond donors (Lipinski definition) is 2. The van der Waals surface area contributed by atoms with E-state index in [1.165, 1.54) is 0 Å². The van der Waals surface area contributed by atoms with Gasteiger partial charge in [0.25, 0.3) is 0 Å². The number of hydrogen-bond acceptors (Lipinski definition) is 3. The van der Waals surface area contributed by atoms with Gasteiger partial charge in [0, 0.05) is 6.61 Å². The molecule has 0 aromatic carbocycles. The maximum Gasteiger partial charge on any atom is 0.0955 e. The van der Waals surface area contributed by atoms with Crippen LogP contribution in [0.1, 0.15) is 26.7 Å². The van der Waals surface area contributed by atoms with Crippen molar-refractivity contribution in [3.8, 4) is 6.07 Å². The summed E-state index contributed by atoms with van der Waals surface area (Å²) in [5.74, 6) is 0.538. The molecule has 0 fully saturated rings. The molecule has 1 atom stereocenters. The summed E-state index contributed by atoms with van der Waals surface area (Å²) in [5, 5.41) is 20.3. The smallest absolute Gasteiger partial charge is 0.0955 e. The molecule has 0 saturated heterocycles. The van der Waals surface area contributed by atoms with Gasteiger partial charge in [0.15, 0.2) is 0 Å². The average molecular weight is 170 g/mol. The first kappa shape index (κ1) is 11.4. The Morgan fingerprint density at radius 3 is 2.58 bits per heavy atom. The van der Waals surface area contributed by atoms with Crippen molar-refractivity contribution < 1.29 is 5.11 Å². The molecule has 0 rings (SSSR count). The summed E-state index contributed by atoms with van der Waals surface area (Å²) < 4.78 is 0. The van der Waals surface area contributed by atoms with Gasteiger partial charge in [-0.1, -0.05) is 13.8 Å². The lowest BCUT2D eigenvalue weighted by Crippen LogP contribution is -2.30. The Kier molecular flexibility index (Phi) is 6.73. The molecule has 0 radical (unpaired) electrons. The molecule has 0 aromatic rings. The molecule has 0 aromatic heterocycles. The predicted molar refractivity (Wildman–Crippen MR) is 48.6 cm³/mol. The fourth-order valence-corrected chi connectivity index (χ4v) is 1.01. The van der Waals surface area contributed by atoms with E-state index in [1.54, 1.807) is 0 Å². The van der Waals surface area contributed by atoms with Crippen LogP contribution in [0.3, 0.4) is 0 Å². The van der Waals surface area contributed by atoms with Gasteiger partial charge < -0.3 is 10.4 Å². The fraction of sp³-hybridized carbons (Fsp3) is 0.889. The molecule has 3 nitrogen and oxygen atoms in total. The summed E-state index contributed by atoms with van der Waals surface area (Å²) in [7, 11) is 0. The van der Waals surface area contributed by atoms with Gasteiger partial charge >= 0.3 is 0 Å². The van der Waals surface area contributed by atoms with Crippen molar-refractivity contribution in [3.63, 3.8) is 0 Å². The first-order chi connectivity index (χ1) is 5.70. The van der Waals surface area contributed by atoms with Crippen LogP contribution in [0.5, 0.6) is 0 Å². The lowest BCUT2D eigenvalue weighted by Gasteiger charge is -2.12. The van der Waals surface area contributed by atoms with Gasteiger partial charge in [0.1, 0.15) is 0 Å². The Morgan fingerprint density at radius 2 is 2.17 bits per heavy atom. The van der Waals surface area contributed by atoms with E-state index in [0.717, 1.165) is 19.4 Å². The zero-order valence-electron chi connectivity index (χ0n) is 7.88. The number of nitrogens with zero attached hydrogens (tertiary/aromatic N) is 1. The molecular formula is C9H18N2O. The lowest BCUT2D eigenvalue weighted by molar-refractivity contribution is 0.283. The summed E-state index contributed by atoms with van der Waals surface area (Å²) >= 11 is 0. The number of nitrogens with one attached hydrogen (secondary N) is 1. The van der Waals surface area contributed by atoms with E-state index in [9.17, 15) is 0 Å². The van der Waals surface area contributed by atoms with E-state index >= 15 is 0 Å². The van der Waals surface area contributed by atoms with Gasteiger partial charge in [-0.05, 0) is 25.3 Å². The third kappa shape index (κ3) is 6.14. The van der Waals surface area contributed by atoms with Crippen LogP contribution in [0.2, 0.25) is 0 Å². The number of aliphatic hydroxyl groups is 1. The maximum atomic E-state index is 8.70. The van der Waals surface area contributed by atoms with Gasteiger partial charge in [-0.3, -0.25) is 0 Å². The second-order valence-electron chi connectivity index (χ2n) is 3.34. The Hall–Kier alpha value is -0.590. The van der Waals surface area contributed by atoms with E-state index in [0.29, 0.717) is 5.92 Å². The van der Waals surface area contributed by atoms with Crippen molar-refractivity contribution in [1.29, 1.82) is 5.26 Å². The van der Waals surface area contributed by atoms with Crippen LogP contribution in [0.25, 0.3) is 0 Å². The summed E-state index contributed by atoms with van der Waals surface area (Å²) in [6.45, 7) is 5.10. The summed E-state index contributed by atoms with van der Waals surface area (Å²) in [5.41, 5.74) is 0. The highest BCUT2D eigenvalue weighted by molar-refractivity contribution is 4.89. The number of nitriles is 1. The number of rotatable bonds is 6. The highest BCUT2D eigenvalue weighted by atomic mass is 16.3. The first-order valence-electron chi connectivity index (χ1n) is 4.44. The van der Waals surface area contributed by atoms with Crippen LogP contribution in [-0.2, 0) is 0 Å². The zero-order chi connectivity index (χ0) is 9.40. The molecule has 3 heteroatoms. The largest absolute Gasteiger partial charge is 0.396 e. The molecule has 0 bridgehead atoms. The van der Waals surface area contributed by atoms with Crippen LogP contribution < -0.4 is 5.32 Å². The summed E-state index contributed by atoms with van der Waals surface area (Å²) in [6, 6.07) is 2.14. The Labute approximate surface area is 74.4 Å². The van der Waals surface area contributed by atoms with Gasteiger partial charge in [-0.15, -0.1) is 0 Å². The molecule has 0 aliphatic rings. The van der Waals surface area contributed by atoms with E-state index < -0.39 is 0 Å². The molecule has 0 aliphatic heterocycles. The summed E-state index contributed by atoms with van der Waals surface area (Å²) in [6.07, 6.45) is 1.60. The maximum absolute atomic E-state index is 8.70. The standard InChI is InChI=1S/C9H18N2O/c1-8(2)6-9(7-10)11-4-3-5-12/h8-9,11-12H,3-6H2,1-2H3. The molecule has 0 amide bonds. The SMILES string of the molecule is CC(C)CC(C#N)NCCCO. The van der Waals surface area contributed by atoms with Gasteiger partial charge in [-0.2, -0.15) is 5.26 Å². The highest BCUT2D eigenvalue weighted by Gasteiger charge is 2.07. The molecular weight excluding hydrogens is 152 g/mol. The highest BCUT2D eigenvalue weighted by Crippen LogP contribution is 2.03. The molecule has 0 saturated carbocycles. The topological polar surface area (TPSA) is 56.0 Å². The van der Waals surface area contributed by atoms with E-state index in [-0.39, 0.29) is 12.6 Å². The normalized spacial score (nSPS) is 12.9. The lowest BCUT2D eigenvalue weighted by atomic mass is 10.1. The third-order valence-corrected chi connectivity index (χ3v) is 1.59. The Balaban J connectivity index is 3.48. The Bertz CT molecular complexity index is 140. The van der Waals surface area contributed by atoms with Crippen molar-refractivity contribution in [3.05, 3.63) is 0 Å². The fourth-order valence-electron chi connectivity index (χ4n) is 1.01. The van der Waals surface area contributed by atoms with Crippen molar-refractivity contribution in [2.45, 2.75) is 32.7 Å². The van der Waals surface area contributed by atoms with Gasteiger partial charge in [0.05, 0.1) is 12.1 Å². The molecule has 1 unspecified atom stereocenters. The van der Waals surface area contributed by atoms with Crippen LogP contribution >= 0.6 is 0 Å². The minimum absolute atomic E-state index is 0.0588. The molecule has 2 N–H and O–H groups in total. The van der Waals surface area contributed by atoms with Gasteiger partial charge in [0.2, 0.25) is 0 Å². The summed E-state index contributed by atoms with van der Waals surface area (Å²) in [4.78, 5) is 0. The average Bonchev–Trinajstić information content (AvgIpc) is 2.02.